The molecular weight excluding hydrogens is 254 g/mol. The van der Waals surface area contributed by atoms with Crippen LogP contribution in [0.1, 0.15) is 25.3 Å². The van der Waals surface area contributed by atoms with Gasteiger partial charge in [0.2, 0.25) is 0 Å². The molecule has 2 nitrogen and oxygen atoms in total. The number of rotatable bonds is 4. The lowest BCUT2D eigenvalue weighted by molar-refractivity contribution is 0.405. The first kappa shape index (κ1) is 11.0. The Morgan fingerprint density at radius 3 is 2.80 bits per heavy atom. The van der Waals surface area contributed by atoms with Crippen molar-refractivity contribution < 1.29 is 4.74 Å². The van der Waals surface area contributed by atoms with Crippen LogP contribution in [0.5, 0.6) is 5.75 Å². The summed E-state index contributed by atoms with van der Waals surface area (Å²) >= 11 is 3.48. The molecule has 0 bridgehead atoms. The monoisotopic (exact) mass is 269 g/mol. The Morgan fingerprint density at radius 1 is 1.47 bits per heavy atom. The second-order valence-corrected chi connectivity index (χ2v) is 5.29. The fourth-order valence-electron chi connectivity index (χ4n) is 1.56. The third-order valence-corrected chi connectivity index (χ3v) is 3.44. The van der Waals surface area contributed by atoms with E-state index in [9.17, 15) is 0 Å². The van der Waals surface area contributed by atoms with Gasteiger partial charge in [0.1, 0.15) is 5.75 Å². The molecule has 0 heterocycles. The molecule has 1 aromatic carbocycles. The van der Waals surface area contributed by atoms with E-state index in [0.29, 0.717) is 5.54 Å². The van der Waals surface area contributed by atoms with Crippen molar-refractivity contribution in [2.45, 2.75) is 31.8 Å². The van der Waals surface area contributed by atoms with E-state index in [2.05, 4.69) is 34.2 Å². The van der Waals surface area contributed by atoms with E-state index >= 15 is 0 Å². The second-order valence-electron chi connectivity index (χ2n) is 4.37. The molecule has 0 spiro atoms. The van der Waals surface area contributed by atoms with Crippen LogP contribution in [0, 0.1) is 0 Å². The smallest absolute Gasteiger partial charge is 0.123 e. The molecule has 0 saturated heterocycles. The molecule has 0 unspecified atom stereocenters. The highest BCUT2D eigenvalue weighted by Gasteiger charge is 2.36. The van der Waals surface area contributed by atoms with Gasteiger partial charge < -0.3 is 10.1 Å². The Bertz CT molecular complexity index is 361. The lowest BCUT2D eigenvalue weighted by Crippen LogP contribution is -2.27. The summed E-state index contributed by atoms with van der Waals surface area (Å²) in [6.45, 7) is 3.14. The van der Waals surface area contributed by atoms with Crippen molar-refractivity contribution in [3.8, 4) is 5.75 Å². The zero-order chi connectivity index (χ0) is 10.9. The Hall–Kier alpha value is -0.540. The summed E-state index contributed by atoms with van der Waals surface area (Å²) in [5.41, 5.74) is 1.58. The summed E-state index contributed by atoms with van der Waals surface area (Å²) in [7, 11) is 1.71. The molecule has 1 aliphatic rings. The fraction of sp³-hybridized carbons (Fsp3) is 0.500. The van der Waals surface area contributed by atoms with E-state index in [1.165, 1.54) is 18.4 Å². The summed E-state index contributed by atoms with van der Waals surface area (Å²) in [4.78, 5) is 0. The first-order valence-electron chi connectivity index (χ1n) is 5.20. The van der Waals surface area contributed by atoms with Crippen molar-refractivity contribution >= 4 is 15.9 Å². The minimum atomic E-state index is 0.368. The fourth-order valence-corrected chi connectivity index (χ4v) is 1.97. The Labute approximate surface area is 99.1 Å². The molecule has 2 rings (SSSR count). The Kier molecular flexibility index (Phi) is 3.03. The predicted octanol–water partition coefficient (Wildman–Crippen LogP) is 3.10. The van der Waals surface area contributed by atoms with E-state index < -0.39 is 0 Å². The number of ether oxygens (including phenoxy) is 1. The minimum Gasteiger partial charge on any atom is -0.496 e. The van der Waals surface area contributed by atoms with E-state index in [4.69, 9.17) is 4.74 Å². The maximum absolute atomic E-state index is 5.33. The first-order valence-corrected chi connectivity index (χ1v) is 6.00. The summed E-state index contributed by atoms with van der Waals surface area (Å²) in [5, 5.41) is 3.55. The third kappa shape index (κ3) is 2.73. The maximum Gasteiger partial charge on any atom is 0.123 e. The van der Waals surface area contributed by atoms with Gasteiger partial charge in [-0.1, -0.05) is 15.9 Å². The zero-order valence-corrected chi connectivity index (χ0v) is 10.7. The standard InChI is InChI=1S/C12H16BrNO/c1-12(5-6-12)14-8-9-7-10(13)3-4-11(9)15-2/h3-4,7,14H,5-6,8H2,1-2H3. The van der Waals surface area contributed by atoms with Crippen LogP contribution >= 0.6 is 15.9 Å². The lowest BCUT2D eigenvalue weighted by atomic mass is 10.2. The normalized spacial score (nSPS) is 17.5. The molecule has 82 valence electrons. The Balaban J connectivity index is 2.08. The van der Waals surface area contributed by atoms with Crippen molar-refractivity contribution in [2.24, 2.45) is 0 Å². The SMILES string of the molecule is COc1ccc(Br)cc1CNC1(C)CC1. The minimum absolute atomic E-state index is 0.368. The van der Waals surface area contributed by atoms with Gasteiger partial charge in [-0.3, -0.25) is 0 Å². The number of halogens is 1. The van der Waals surface area contributed by atoms with Crippen LogP contribution in [0.25, 0.3) is 0 Å². The molecule has 0 radical (unpaired) electrons. The molecule has 0 aromatic heterocycles. The van der Waals surface area contributed by atoms with Crippen LogP contribution in [-0.2, 0) is 6.54 Å². The molecular formula is C12H16BrNO. The quantitative estimate of drug-likeness (QED) is 0.907. The predicted molar refractivity (Wildman–Crippen MR) is 65.2 cm³/mol. The van der Waals surface area contributed by atoms with Crippen LogP contribution in [0.15, 0.2) is 22.7 Å². The highest BCUT2D eigenvalue weighted by molar-refractivity contribution is 9.10. The molecule has 1 fully saturated rings. The summed E-state index contributed by atoms with van der Waals surface area (Å²) in [6, 6.07) is 6.11. The van der Waals surface area contributed by atoms with E-state index in [1.54, 1.807) is 7.11 Å². The zero-order valence-electron chi connectivity index (χ0n) is 9.14. The topological polar surface area (TPSA) is 21.3 Å². The van der Waals surface area contributed by atoms with E-state index in [-0.39, 0.29) is 0 Å². The average Bonchev–Trinajstić information content (AvgIpc) is 2.95. The second kappa shape index (κ2) is 4.14. The van der Waals surface area contributed by atoms with Gasteiger partial charge in [0.15, 0.2) is 0 Å². The molecule has 1 saturated carbocycles. The highest BCUT2D eigenvalue weighted by Crippen LogP contribution is 2.35. The van der Waals surface area contributed by atoms with Crippen LogP contribution in [0.3, 0.4) is 0 Å². The molecule has 1 aromatic rings. The number of hydrogen-bond acceptors (Lipinski definition) is 2. The summed E-state index contributed by atoms with van der Waals surface area (Å²) in [6.07, 6.45) is 2.56. The van der Waals surface area contributed by atoms with Gasteiger partial charge in [-0.15, -0.1) is 0 Å². The van der Waals surface area contributed by atoms with Gasteiger partial charge in [-0.25, -0.2) is 0 Å². The van der Waals surface area contributed by atoms with Gasteiger partial charge in [0.25, 0.3) is 0 Å². The molecule has 1 N–H and O–H groups in total. The number of benzene rings is 1. The molecule has 15 heavy (non-hydrogen) atoms. The van der Waals surface area contributed by atoms with Crippen molar-refractivity contribution in [1.29, 1.82) is 0 Å². The molecule has 3 heteroatoms. The maximum atomic E-state index is 5.33. The van der Waals surface area contributed by atoms with E-state index in [1.807, 2.05) is 12.1 Å². The van der Waals surface area contributed by atoms with Crippen molar-refractivity contribution in [2.75, 3.05) is 7.11 Å². The average molecular weight is 270 g/mol. The lowest BCUT2D eigenvalue weighted by Gasteiger charge is -2.14. The molecule has 1 aliphatic carbocycles. The van der Waals surface area contributed by atoms with E-state index in [0.717, 1.165) is 16.8 Å². The van der Waals surface area contributed by atoms with Crippen molar-refractivity contribution in [3.63, 3.8) is 0 Å². The molecule has 0 aliphatic heterocycles. The number of hydrogen-bond donors (Lipinski definition) is 1. The molecule has 0 atom stereocenters. The number of nitrogens with one attached hydrogen (secondary N) is 1. The first-order chi connectivity index (χ1) is 7.13. The van der Waals surface area contributed by atoms with Crippen LogP contribution in [-0.4, -0.2) is 12.6 Å². The van der Waals surface area contributed by atoms with Crippen LogP contribution in [0.4, 0.5) is 0 Å². The van der Waals surface area contributed by atoms with Gasteiger partial charge in [-0.2, -0.15) is 0 Å². The highest BCUT2D eigenvalue weighted by atomic mass is 79.9. The molecule has 0 amide bonds. The van der Waals surface area contributed by atoms with Gasteiger partial charge >= 0.3 is 0 Å². The largest absolute Gasteiger partial charge is 0.496 e. The number of methoxy groups -OCH3 is 1. The van der Waals surface area contributed by atoms with Crippen LogP contribution < -0.4 is 10.1 Å². The van der Waals surface area contributed by atoms with Crippen LogP contribution in [0.2, 0.25) is 0 Å². The van der Waals surface area contributed by atoms with Gasteiger partial charge in [-0.05, 0) is 38.0 Å². The summed E-state index contributed by atoms with van der Waals surface area (Å²) < 4.78 is 6.42. The van der Waals surface area contributed by atoms with Crippen molar-refractivity contribution in [3.05, 3.63) is 28.2 Å². The summed E-state index contributed by atoms with van der Waals surface area (Å²) in [5.74, 6) is 0.954. The third-order valence-electron chi connectivity index (χ3n) is 2.95. The van der Waals surface area contributed by atoms with Gasteiger partial charge in [0.05, 0.1) is 7.11 Å². The van der Waals surface area contributed by atoms with Gasteiger partial charge in [0, 0.05) is 22.1 Å². The van der Waals surface area contributed by atoms with Crippen molar-refractivity contribution in [1.82, 2.24) is 5.32 Å². The Morgan fingerprint density at radius 2 is 2.20 bits per heavy atom.